The van der Waals surface area contributed by atoms with Gasteiger partial charge in [-0.1, -0.05) is 12.5 Å². The van der Waals surface area contributed by atoms with Crippen LogP contribution in [0, 0.1) is 0 Å². The summed E-state index contributed by atoms with van der Waals surface area (Å²) < 4.78 is 11.9. The van der Waals surface area contributed by atoms with Gasteiger partial charge < -0.3 is 9.47 Å². The van der Waals surface area contributed by atoms with E-state index in [1.54, 1.807) is 13.0 Å². The summed E-state index contributed by atoms with van der Waals surface area (Å²) in [6.45, 7) is 2.29. The second kappa shape index (κ2) is 5.78. The van der Waals surface area contributed by atoms with Crippen LogP contribution in [0.3, 0.4) is 0 Å². The summed E-state index contributed by atoms with van der Waals surface area (Å²) >= 11 is 0. The summed E-state index contributed by atoms with van der Waals surface area (Å²) in [5.74, 6) is -0.148. The topological polar surface area (TPSA) is 35.5 Å². The van der Waals surface area contributed by atoms with Crippen LogP contribution >= 0.6 is 0 Å². The van der Waals surface area contributed by atoms with Crippen molar-refractivity contribution in [1.29, 1.82) is 0 Å². The highest BCUT2D eigenvalue weighted by atomic mass is 16.7. The summed E-state index contributed by atoms with van der Waals surface area (Å²) in [5.41, 5.74) is 0. The highest BCUT2D eigenvalue weighted by Gasteiger charge is 2.41. The molecular formula is C14H22O3. The molecule has 3 nitrogen and oxygen atoms in total. The van der Waals surface area contributed by atoms with E-state index in [9.17, 15) is 4.79 Å². The van der Waals surface area contributed by atoms with Crippen LogP contribution < -0.4 is 0 Å². The Kier molecular flexibility index (Phi) is 4.35. The van der Waals surface area contributed by atoms with Gasteiger partial charge in [0.05, 0.1) is 12.7 Å². The SMILES string of the molecule is CC(=O)/C=C/CC[C@H]1COC2(CCCCC2)O1. The first-order chi connectivity index (χ1) is 8.20. The molecule has 1 aliphatic heterocycles. The number of hydrogen-bond donors (Lipinski definition) is 0. The number of carbonyl (C=O) groups excluding carboxylic acids is 1. The fourth-order valence-electron chi connectivity index (χ4n) is 2.64. The predicted molar refractivity (Wildman–Crippen MR) is 65.7 cm³/mol. The highest BCUT2D eigenvalue weighted by molar-refractivity contribution is 5.87. The third kappa shape index (κ3) is 3.65. The van der Waals surface area contributed by atoms with E-state index >= 15 is 0 Å². The lowest BCUT2D eigenvalue weighted by molar-refractivity contribution is -0.187. The lowest BCUT2D eigenvalue weighted by Gasteiger charge is -2.31. The van der Waals surface area contributed by atoms with Gasteiger partial charge in [0.2, 0.25) is 0 Å². The minimum absolute atomic E-state index is 0.109. The van der Waals surface area contributed by atoms with Crippen LogP contribution in [0.1, 0.15) is 51.9 Å². The van der Waals surface area contributed by atoms with E-state index in [2.05, 4.69) is 0 Å². The first-order valence-corrected chi connectivity index (χ1v) is 6.69. The molecule has 2 fully saturated rings. The van der Waals surface area contributed by atoms with E-state index in [-0.39, 0.29) is 17.7 Å². The smallest absolute Gasteiger partial charge is 0.168 e. The van der Waals surface area contributed by atoms with Crippen LogP contribution in [0.5, 0.6) is 0 Å². The lowest BCUT2D eigenvalue weighted by atomic mass is 9.94. The fourth-order valence-corrected chi connectivity index (χ4v) is 2.64. The maximum atomic E-state index is 10.7. The first kappa shape index (κ1) is 12.8. The standard InChI is InChI=1S/C14H22O3/c1-12(15)7-3-4-8-13-11-16-14(17-13)9-5-2-6-10-14/h3,7,13H,2,4-6,8-11H2,1H3/b7-3+/t13-/m0/s1. The van der Waals surface area contributed by atoms with Crippen molar-refractivity contribution in [3.05, 3.63) is 12.2 Å². The van der Waals surface area contributed by atoms with Crippen LogP contribution in [-0.2, 0) is 14.3 Å². The van der Waals surface area contributed by atoms with Gasteiger partial charge in [-0.25, -0.2) is 0 Å². The fraction of sp³-hybridized carbons (Fsp3) is 0.786. The minimum atomic E-state index is -0.257. The van der Waals surface area contributed by atoms with Gasteiger partial charge >= 0.3 is 0 Å². The molecule has 1 atom stereocenters. The van der Waals surface area contributed by atoms with Crippen molar-refractivity contribution < 1.29 is 14.3 Å². The summed E-state index contributed by atoms with van der Waals surface area (Å²) in [6.07, 6.45) is 11.5. The van der Waals surface area contributed by atoms with Crippen molar-refractivity contribution in [3.8, 4) is 0 Å². The molecule has 96 valence electrons. The Morgan fingerprint density at radius 3 is 2.82 bits per heavy atom. The quantitative estimate of drug-likeness (QED) is 0.706. The van der Waals surface area contributed by atoms with Crippen molar-refractivity contribution in [3.63, 3.8) is 0 Å². The van der Waals surface area contributed by atoms with Gasteiger partial charge in [-0.3, -0.25) is 4.79 Å². The number of ether oxygens (including phenoxy) is 2. The number of allylic oxidation sites excluding steroid dienone is 2. The maximum Gasteiger partial charge on any atom is 0.168 e. The molecule has 17 heavy (non-hydrogen) atoms. The molecule has 1 spiro atoms. The molecule has 1 aliphatic carbocycles. The second-order valence-electron chi connectivity index (χ2n) is 5.11. The molecular weight excluding hydrogens is 216 g/mol. The van der Waals surface area contributed by atoms with E-state index in [0.717, 1.165) is 25.7 Å². The summed E-state index contributed by atoms with van der Waals surface area (Å²) in [6, 6.07) is 0. The van der Waals surface area contributed by atoms with E-state index in [1.807, 2.05) is 6.08 Å². The van der Waals surface area contributed by atoms with Gasteiger partial charge in [0, 0.05) is 12.8 Å². The van der Waals surface area contributed by atoms with Gasteiger partial charge in [-0.2, -0.15) is 0 Å². The van der Waals surface area contributed by atoms with E-state index in [4.69, 9.17) is 9.47 Å². The van der Waals surface area contributed by atoms with Crippen LogP contribution in [-0.4, -0.2) is 24.3 Å². The Bertz CT molecular complexity index is 290. The molecule has 2 rings (SSSR count). The molecule has 0 unspecified atom stereocenters. The molecule has 1 saturated heterocycles. The summed E-state index contributed by atoms with van der Waals surface area (Å²) in [7, 11) is 0. The average molecular weight is 238 g/mol. The van der Waals surface area contributed by atoms with Crippen molar-refractivity contribution in [1.82, 2.24) is 0 Å². The normalized spacial score (nSPS) is 27.9. The number of rotatable bonds is 4. The molecule has 0 aromatic heterocycles. The molecule has 0 N–H and O–H groups in total. The average Bonchev–Trinajstić information content (AvgIpc) is 2.69. The van der Waals surface area contributed by atoms with Gasteiger partial charge in [-0.05, 0) is 38.7 Å². The Morgan fingerprint density at radius 2 is 2.12 bits per heavy atom. The molecule has 0 aromatic carbocycles. The zero-order valence-corrected chi connectivity index (χ0v) is 10.6. The highest BCUT2D eigenvalue weighted by Crippen LogP contribution is 2.38. The zero-order valence-electron chi connectivity index (χ0n) is 10.6. The first-order valence-electron chi connectivity index (χ1n) is 6.69. The Labute approximate surface area is 103 Å². The van der Waals surface area contributed by atoms with Crippen LogP contribution in [0.15, 0.2) is 12.2 Å². The molecule has 3 heteroatoms. The molecule has 1 saturated carbocycles. The van der Waals surface area contributed by atoms with Crippen LogP contribution in [0.2, 0.25) is 0 Å². The van der Waals surface area contributed by atoms with E-state index < -0.39 is 0 Å². The van der Waals surface area contributed by atoms with Crippen molar-refractivity contribution in [2.75, 3.05) is 6.61 Å². The van der Waals surface area contributed by atoms with E-state index in [1.165, 1.54) is 19.3 Å². The zero-order chi connectivity index (χ0) is 12.1. The Hall–Kier alpha value is -0.670. The lowest BCUT2D eigenvalue weighted by Crippen LogP contribution is -2.33. The monoisotopic (exact) mass is 238 g/mol. The number of carbonyl (C=O) groups is 1. The van der Waals surface area contributed by atoms with Crippen molar-refractivity contribution >= 4 is 5.78 Å². The third-order valence-electron chi connectivity index (χ3n) is 3.54. The van der Waals surface area contributed by atoms with Crippen molar-refractivity contribution in [2.45, 2.75) is 63.8 Å². The van der Waals surface area contributed by atoms with Crippen LogP contribution in [0.4, 0.5) is 0 Å². The second-order valence-corrected chi connectivity index (χ2v) is 5.11. The van der Waals surface area contributed by atoms with Crippen molar-refractivity contribution in [2.24, 2.45) is 0 Å². The number of ketones is 1. The molecule has 0 aromatic rings. The van der Waals surface area contributed by atoms with Gasteiger partial charge in [-0.15, -0.1) is 0 Å². The molecule has 0 amide bonds. The molecule has 0 radical (unpaired) electrons. The Morgan fingerprint density at radius 1 is 1.35 bits per heavy atom. The van der Waals surface area contributed by atoms with Gasteiger partial charge in [0.1, 0.15) is 0 Å². The molecule has 0 bridgehead atoms. The maximum absolute atomic E-state index is 10.7. The Balaban J connectivity index is 1.72. The predicted octanol–water partition coefficient (Wildman–Crippen LogP) is 2.99. The number of hydrogen-bond acceptors (Lipinski definition) is 3. The van der Waals surface area contributed by atoms with Gasteiger partial charge in [0.15, 0.2) is 11.6 Å². The molecule has 2 aliphatic rings. The minimum Gasteiger partial charge on any atom is -0.347 e. The third-order valence-corrected chi connectivity index (χ3v) is 3.54. The largest absolute Gasteiger partial charge is 0.347 e. The summed E-state index contributed by atoms with van der Waals surface area (Å²) in [4.78, 5) is 10.7. The van der Waals surface area contributed by atoms with Gasteiger partial charge in [0.25, 0.3) is 0 Å². The van der Waals surface area contributed by atoms with E-state index in [0.29, 0.717) is 6.61 Å². The molecule has 1 heterocycles. The summed E-state index contributed by atoms with van der Waals surface area (Å²) in [5, 5.41) is 0. The van der Waals surface area contributed by atoms with Crippen LogP contribution in [0.25, 0.3) is 0 Å².